The Morgan fingerprint density at radius 3 is 2.36 bits per heavy atom. The lowest BCUT2D eigenvalue weighted by Crippen LogP contribution is -2.15. The second-order valence-electron chi connectivity index (χ2n) is 9.55. The van der Waals surface area contributed by atoms with Crippen molar-refractivity contribution >= 4 is 5.97 Å². The van der Waals surface area contributed by atoms with E-state index in [1.807, 2.05) is 56.3 Å². The van der Waals surface area contributed by atoms with Crippen LogP contribution in [-0.2, 0) is 10.2 Å². The first-order valence-electron chi connectivity index (χ1n) is 11.1. The van der Waals surface area contributed by atoms with Crippen molar-refractivity contribution in [1.29, 1.82) is 0 Å². The molecule has 174 valence electrons. The van der Waals surface area contributed by atoms with E-state index in [1.54, 1.807) is 0 Å². The zero-order chi connectivity index (χ0) is 24.3. The van der Waals surface area contributed by atoms with Crippen LogP contribution >= 0.6 is 0 Å². The van der Waals surface area contributed by atoms with E-state index < -0.39 is 5.97 Å². The zero-order valence-electron chi connectivity index (χ0n) is 19.7. The number of phenolic OH excluding ortho intramolecular Hbond substituents is 1. The third kappa shape index (κ3) is 5.92. The molecule has 2 N–H and O–H groups in total. The van der Waals surface area contributed by atoms with Crippen molar-refractivity contribution in [1.82, 2.24) is 0 Å². The van der Waals surface area contributed by atoms with Gasteiger partial charge in [0.05, 0.1) is 6.42 Å². The molecule has 33 heavy (non-hydrogen) atoms. The monoisotopic (exact) mass is 450 g/mol. The molecule has 5 heteroatoms. The van der Waals surface area contributed by atoms with Crippen LogP contribution in [0.15, 0.2) is 60.7 Å². The van der Waals surface area contributed by atoms with Crippen molar-refractivity contribution in [2.24, 2.45) is 0 Å². The molecule has 0 aliphatic carbocycles. The lowest BCUT2D eigenvalue weighted by Gasteiger charge is -2.26. The molecule has 0 radical (unpaired) electrons. The number of hydrogen-bond donors (Lipinski definition) is 2. The summed E-state index contributed by atoms with van der Waals surface area (Å²) in [6.45, 7) is 10.0. The average molecular weight is 451 g/mol. The van der Waals surface area contributed by atoms with Crippen LogP contribution in [0.3, 0.4) is 0 Å². The quantitative estimate of drug-likeness (QED) is 0.399. The Kier molecular flexibility index (Phi) is 7.11. The first kappa shape index (κ1) is 24.3. The molecule has 0 amide bonds. The molecule has 0 bridgehead atoms. The van der Waals surface area contributed by atoms with Crippen LogP contribution in [0.4, 0.5) is 4.39 Å². The first-order valence-corrected chi connectivity index (χ1v) is 11.1. The van der Waals surface area contributed by atoms with E-state index >= 15 is 0 Å². The zero-order valence-corrected chi connectivity index (χ0v) is 19.7. The smallest absolute Gasteiger partial charge is 0.303 e. The molecular formula is C28H31FO4. The summed E-state index contributed by atoms with van der Waals surface area (Å²) >= 11 is 0. The first-order chi connectivity index (χ1) is 15.5. The summed E-state index contributed by atoms with van der Waals surface area (Å²) < 4.78 is 20.8. The Morgan fingerprint density at radius 2 is 1.70 bits per heavy atom. The highest BCUT2D eigenvalue weighted by atomic mass is 19.1. The number of hydrogen-bond acceptors (Lipinski definition) is 3. The van der Waals surface area contributed by atoms with Gasteiger partial charge in [-0.15, -0.1) is 0 Å². The third-order valence-corrected chi connectivity index (χ3v) is 5.78. The van der Waals surface area contributed by atoms with Crippen LogP contribution in [0.25, 0.3) is 11.1 Å². The summed E-state index contributed by atoms with van der Waals surface area (Å²) in [4.78, 5) is 11.0. The van der Waals surface area contributed by atoms with Crippen molar-refractivity contribution in [3.63, 3.8) is 0 Å². The van der Waals surface area contributed by atoms with Crippen LogP contribution in [0.2, 0.25) is 0 Å². The van der Waals surface area contributed by atoms with E-state index in [9.17, 15) is 14.3 Å². The molecular weight excluding hydrogens is 419 g/mol. The summed E-state index contributed by atoms with van der Waals surface area (Å²) in [5.74, 6) is -0.658. The second kappa shape index (κ2) is 9.65. The van der Waals surface area contributed by atoms with Gasteiger partial charge in [-0.05, 0) is 70.8 Å². The van der Waals surface area contributed by atoms with Crippen molar-refractivity contribution in [3.05, 3.63) is 83.2 Å². The molecule has 0 aliphatic rings. The predicted octanol–water partition coefficient (Wildman–Crippen LogP) is 7.21. The molecule has 4 nitrogen and oxygen atoms in total. The fourth-order valence-electron chi connectivity index (χ4n) is 3.94. The molecule has 0 saturated heterocycles. The largest absolute Gasteiger partial charge is 0.508 e. The van der Waals surface area contributed by atoms with Gasteiger partial charge in [-0.1, -0.05) is 58.0 Å². The Morgan fingerprint density at radius 1 is 0.970 bits per heavy atom. The number of benzene rings is 3. The summed E-state index contributed by atoms with van der Waals surface area (Å²) in [5, 5.41) is 19.0. The molecule has 0 unspecified atom stereocenters. The number of halogens is 1. The molecule has 2 atom stereocenters. The maximum atomic E-state index is 14.6. The minimum atomic E-state index is -0.833. The van der Waals surface area contributed by atoms with Crippen molar-refractivity contribution in [2.75, 3.05) is 0 Å². The van der Waals surface area contributed by atoms with Gasteiger partial charge in [-0.2, -0.15) is 0 Å². The molecule has 0 fully saturated rings. The van der Waals surface area contributed by atoms with E-state index in [4.69, 9.17) is 9.84 Å². The van der Waals surface area contributed by atoms with Gasteiger partial charge in [0.2, 0.25) is 0 Å². The number of ether oxygens (including phenoxy) is 1. The van der Waals surface area contributed by atoms with Gasteiger partial charge in [0, 0.05) is 5.56 Å². The summed E-state index contributed by atoms with van der Waals surface area (Å²) in [5.41, 5.74) is 3.62. The highest BCUT2D eigenvalue weighted by Crippen LogP contribution is 2.38. The van der Waals surface area contributed by atoms with E-state index in [1.165, 1.54) is 18.2 Å². The highest BCUT2D eigenvalue weighted by Gasteiger charge is 2.23. The topological polar surface area (TPSA) is 66.8 Å². The standard InChI is InChI=1S/C28H31FO4/c1-17(13-27(31)32)19-7-6-8-22(14-19)33-18(2)20-9-11-23(25(15-20)28(3,4)5)24-16-21(30)10-12-26(24)29/h6-12,14-18,30H,13H2,1-5H3,(H,31,32)/t17-,18-/m1/s1. The minimum Gasteiger partial charge on any atom is -0.508 e. The van der Waals surface area contributed by atoms with Gasteiger partial charge >= 0.3 is 5.97 Å². The van der Waals surface area contributed by atoms with Gasteiger partial charge in [0.15, 0.2) is 0 Å². The molecule has 0 heterocycles. The van der Waals surface area contributed by atoms with E-state index in [2.05, 4.69) is 20.8 Å². The predicted molar refractivity (Wildman–Crippen MR) is 128 cm³/mol. The van der Waals surface area contributed by atoms with Gasteiger partial charge in [0.25, 0.3) is 0 Å². The maximum absolute atomic E-state index is 14.6. The molecule has 0 saturated carbocycles. The van der Waals surface area contributed by atoms with Crippen LogP contribution in [-0.4, -0.2) is 16.2 Å². The van der Waals surface area contributed by atoms with Gasteiger partial charge in [-0.3, -0.25) is 4.79 Å². The van der Waals surface area contributed by atoms with Crippen LogP contribution in [0.1, 0.15) is 69.8 Å². The number of aliphatic carboxylic acids is 1. The molecule has 3 aromatic rings. The lowest BCUT2D eigenvalue weighted by molar-refractivity contribution is -0.137. The normalized spacial score (nSPS) is 13.4. The molecule has 0 spiro atoms. The van der Waals surface area contributed by atoms with E-state index in [-0.39, 0.29) is 35.4 Å². The third-order valence-electron chi connectivity index (χ3n) is 5.78. The average Bonchev–Trinajstić information content (AvgIpc) is 2.74. The molecule has 0 aromatic heterocycles. The van der Waals surface area contributed by atoms with E-state index in [0.717, 1.165) is 22.3 Å². The fraction of sp³-hybridized carbons (Fsp3) is 0.321. The van der Waals surface area contributed by atoms with Gasteiger partial charge in [0.1, 0.15) is 23.4 Å². The number of rotatable bonds is 7. The van der Waals surface area contributed by atoms with E-state index in [0.29, 0.717) is 11.3 Å². The SMILES string of the molecule is C[C@H](CC(=O)O)c1cccc(O[C@H](C)c2ccc(-c3cc(O)ccc3F)c(C(C)(C)C)c2)c1. The summed E-state index contributed by atoms with van der Waals surface area (Å²) in [6.07, 6.45) is -0.222. The van der Waals surface area contributed by atoms with Crippen molar-refractivity contribution in [3.8, 4) is 22.6 Å². The number of carboxylic acid groups (broad SMARTS) is 1. The number of phenols is 1. The Balaban J connectivity index is 1.93. The van der Waals surface area contributed by atoms with Gasteiger partial charge < -0.3 is 14.9 Å². The summed E-state index contributed by atoms with van der Waals surface area (Å²) in [7, 11) is 0. The highest BCUT2D eigenvalue weighted by molar-refractivity contribution is 5.71. The number of carbonyl (C=O) groups is 1. The van der Waals surface area contributed by atoms with Gasteiger partial charge in [-0.25, -0.2) is 4.39 Å². The molecule has 3 rings (SSSR count). The maximum Gasteiger partial charge on any atom is 0.303 e. The second-order valence-corrected chi connectivity index (χ2v) is 9.55. The van der Waals surface area contributed by atoms with Crippen molar-refractivity contribution < 1.29 is 24.1 Å². The summed E-state index contributed by atoms with van der Waals surface area (Å²) in [6, 6.07) is 17.4. The molecule has 0 aliphatic heterocycles. The molecule has 3 aromatic carbocycles. The number of carboxylic acids is 1. The Bertz CT molecular complexity index is 1150. The number of aromatic hydroxyl groups is 1. The van der Waals surface area contributed by atoms with Crippen LogP contribution in [0, 0.1) is 5.82 Å². The van der Waals surface area contributed by atoms with Crippen LogP contribution in [0.5, 0.6) is 11.5 Å². The fourth-order valence-corrected chi connectivity index (χ4v) is 3.94. The minimum absolute atomic E-state index is 0.0176. The lowest BCUT2D eigenvalue weighted by atomic mass is 9.80. The van der Waals surface area contributed by atoms with Crippen molar-refractivity contribution in [2.45, 2.75) is 58.5 Å². The Labute approximate surface area is 194 Å². The Hall–Kier alpha value is -3.34. The van der Waals surface area contributed by atoms with Crippen LogP contribution < -0.4 is 4.74 Å².